The summed E-state index contributed by atoms with van der Waals surface area (Å²) in [5.74, 6) is 0. The molecule has 0 aromatic carbocycles. The molecule has 6 heteroatoms. The van der Waals surface area contributed by atoms with Crippen molar-refractivity contribution in [1.82, 2.24) is 4.31 Å². The number of hydrogen-bond acceptors (Lipinski definition) is 4. The van der Waals surface area contributed by atoms with Crippen LogP contribution in [-0.4, -0.2) is 53.5 Å². The molecule has 2 fully saturated rings. The summed E-state index contributed by atoms with van der Waals surface area (Å²) in [5, 5.41) is 18.3. The van der Waals surface area contributed by atoms with Gasteiger partial charge in [-0.1, -0.05) is 0 Å². The minimum Gasteiger partial charge on any atom is -0.393 e. The molecule has 1 saturated carbocycles. The highest BCUT2D eigenvalue weighted by Gasteiger charge is 2.46. The van der Waals surface area contributed by atoms with Crippen molar-refractivity contribution in [1.29, 1.82) is 0 Å². The molecule has 1 heterocycles. The fourth-order valence-corrected chi connectivity index (χ4v) is 3.66. The van der Waals surface area contributed by atoms with E-state index in [1.54, 1.807) is 0 Å². The average Bonchev–Trinajstić information content (AvgIpc) is 2.91. The fraction of sp³-hybridized carbons (Fsp3) is 1.00. The molecular formula is C8H15NO4S. The highest BCUT2D eigenvalue weighted by molar-refractivity contribution is 7.90. The van der Waals surface area contributed by atoms with Crippen LogP contribution in [0.25, 0.3) is 0 Å². The average molecular weight is 221 g/mol. The zero-order valence-electron chi connectivity index (χ0n) is 7.89. The Hall–Kier alpha value is -0.170. The minimum absolute atomic E-state index is 0.0440. The molecule has 1 aliphatic carbocycles. The lowest BCUT2D eigenvalue weighted by atomic mass is 10.1. The molecule has 0 bridgehead atoms. The third-order valence-corrected chi connectivity index (χ3v) is 5.24. The van der Waals surface area contributed by atoms with E-state index in [9.17, 15) is 13.5 Å². The number of aliphatic hydroxyl groups excluding tert-OH is 1. The van der Waals surface area contributed by atoms with Gasteiger partial charge in [-0.15, -0.1) is 0 Å². The largest absolute Gasteiger partial charge is 0.393 e. The van der Waals surface area contributed by atoms with E-state index in [4.69, 9.17) is 5.11 Å². The molecule has 0 spiro atoms. The van der Waals surface area contributed by atoms with Crippen LogP contribution in [0, 0.1) is 0 Å². The molecule has 2 N–H and O–H groups in total. The number of nitrogens with zero attached hydrogens (tertiary/aromatic N) is 1. The summed E-state index contributed by atoms with van der Waals surface area (Å²) >= 11 is 0. The first-order chi connectivity index (χ1) is 6.48. The third-order valence-electron chi connectivity index (χ3n) is 2.90. The zero-order chi connectivity index (χ0) is 10.4. The van der Waals surface area contributed by atoms with E-state index in [0.29, 0.717) is 13.0 Å². The second-order valence-electron chi connectivity index (χ2n) is 4.21. The summed E-state index contributed by atoms with van der Waals surface area (Å²) in [7, 11) is -3.18. The molecule has 0 radical (unpaired) electrons. The van der Waals surface area contributed by atoms with Crippen molar-refractivity contribution in [3.05, 3.63) is 0 Å². The van der Waals surface area contributed by atoms with E-state index in [-0.39, 0.29) is 18.4 Å². The molecule has 1 unspecified atom stereocenters. The Morgan fingerprint density at radius 2 is 2.07 bits per heavy atom. The first-order valence-corrected chi connectivity index (χ1v) is 6.30. The molecule has 2 aliphatic rings. The Labute approximate surface area is 83.4 Å². The van der Waals surface area contributed by atoms with Gasteiger partial charge in [0.25, 0.3) is 0 Å². The molecule has 0 amide bonds. The summed E-state index contributed by atoms with van der Waals surface area (Å²) < 4.78 is 24.8. The molecule has 14 heavy (non-hydrogen) atoms. The summed E-state index contributed by atoms with van der Waals surface area (Å²) in [6, 6.07) is 0. The Balaban J connectivity index is 2.08. The third kappa shape index (κ3) is 1.67. The van der Waals surface area contributed by atoms with Crippen LogP contribution in [0.4, 0.5) is 0 Å². The standard InChI is InChI=1S/C8H15NO4S/c10-6-8(11)3-4-9(5-8)14(12,13)7-1-2-7/h7,10-11H,1-6H2. The lowest BCUT2D eigenvalue weighted by Gasteiger charge is -2.20. The minimum atomic E-state index is -3.18. The van der Waals surface area contributed by atoms with Crippen LogP contribution < -0.4 is 0 Å². The van der Waals surface area contributed by atoms with Crippen molar-refractivity contribution in [3.8, 4) is 0 Å². The molecule has 1 aliphatic heterocycles. The molecule has 1 atom stereocenters. The van der Waals surface area contributed by atoms with Gasteiger partial charge in [0.05, 0.1) is 11.9 Å². The van der Waals surface area contributed by atoms with Gasteiger partial charge in [0.2, 0.25) is 10.0 Å². The maximum atomic E-state index is 11.7. The fourth-order valence-electron chi connectivity index (χ4n) is 1.74. The molecule has 0 aromatic rings. The van der Waals surface area contributed by atoms with Gasteiger partial charge in [0.1, 0.15) is 5.60 Å². The van der Waals surface area contributed by atoms with Crippen molar-refractivity contribution in [2.75, 3.05) is 19.7 Å². The maximum absolute atomic E-state index is 11.7. The quantitative estimate of drug-likeness (QED) is 0.634. The van der Waals surface area contributed by atoms with Crippen LogP contribution in [0.15, 0.2) is 0 Å². The van der Waals surface area contributed by atoms with Gasteiger partial charge in [-0.05, 0) is 19.3 Å². The van der Waals surface area contributed by atoms with Gasteiger partial charge in [0, 0.05) is 13.1 Å². The lowest BCUT2D eigenvalue weighted by Crippen LogP contribution is -2.39. The normalized spacial score (nSPS) is 35.0. The maximum Gasteiger partial charge on any atom is 0.217 e. The molecule has 2 rings (SSSR count). The van der Waals surface area contributed by atoms with Gasteiger partial charge in [0.15, 0.2) is 0 Å². The van der Waals surface area contributed by atoms with Crippen LogP contribution in [0.2, 0.25) is 0 Å². The summed E-state index contributed by atoms with van der Waals surface area (Å²) in [5.41, 5.74) is -1.22. The summed E-state index contributed by atoms with van der Waals surface area (Å²) in [6.07, 6.45) is 1.79. The number of aliphatic hydroxyl groups is 2. The first-order valence-electron chi connectivity index (χ1n) is 4.80. The molecule has 1 saturated heterocycles. The van der Waals surface area contributed by atoms with Gasteiger partial charge in [-0.3, -0.25) is 0 Å². The Morgan fingerprint density at radius 1 is 1.43 bits per heavy atom. The first kappa shape index (κ1) is 10.4. The highest BCUT2D eigenvalue weighted by Crippen LogP contribution is 2.34. The van der Waals surface area contributed by atoms with Crippen molar-refractivity contribution in [3.63, 3.8) is 0 Å². The zero-order valence-corrected chi connectivity index (χ0v) is 8.70. The number of β-amino-alcohol motifs (C(OH)–C–C–N with tert-alkyl or cyclic N) is 1. The molecule has 5 nitrogen and oxygen atoms in total. The number of sulfonamides is 1. The monoisotopic (exact) mass is 221 g/mol. The van der Waals surface area contributed by atoms with Crippen LogP contribution in [0.5, 0.6) is 0 Å². The van der Waals surface area contributed by atoms with Crippen LogP contribution >= 0.6 is 0 Å². The van der Waals surface area contributed by atoms with Gasteiger partial charge in [-0.25, -0.2) is 8.42 Å². The molecule has 82 valence electrons. The Bertz CT molecular complexity index is 324. The molecule has 0 aromatic heterocycles. The van der Waals surface area contributed by atoms with Crippen molar-refractivity contribution in [2.45, 2.75) is 30.1 Å². The van der Waals surface area contributed by atoms with E-state index < -0.39 is 15.6 Å². The SMILES string of the molecule is O=S(=O)(C1CC1)N1CCC(O)(CO)C1. The van der Waals surface area contributed by atoms with Crippen LogP contribution in [0.1, 0.15) is 19.3 Å². The number of hydrogen-bond donors (Lipinski definition) is 2. The van der Waals surface area contributed by atoms with E-state index >= 15 is 0 Å². The second kappa shape index (κ2) is 3.16. The smallest absolute Gasteiger partial charge is 0.217 e. The predicted octanol–water partition coefficient (Wildman–Crippen LogP) is -1.09. The Kier molecular flexibility index (Phi) is 2.34. The van der Waals surface area contributed by atoms with Crippen molar-refractivity contribution >= 4 is 10.0 Å². The van der Waals surface area contributed by atoms with Crippen molar-refractivity contribution < 1.29 is 18.6 Å². The van der Waals surface area contributed by atoms with E-state index in [1.165, 1.54) is 4.31 Å². The van der Waals surface area contributed by atoms with Crippen molar-refractivity contribution in [2.24, 2.45) is 0 Å². The van der Waals surface area contributed by atoms with E-state index in [0.717, 1.165) is 12.8 Å². The van der Waals surface area contributed by atoms with Gasteiger partial charge in [-0.2, -0.15) is 4.31 Å². The Morgan fingerprint density at radius 3 is 2.50 bits per heavy atom. The number of rotatable bonds is 3. The van der Waals surface area contributed by atoms with Gasteiger partial charge >= 0.3 is 0 Å². The molecular weight excluding hydrogens is 206 g/mol. The van der Waals surface area contributed by atoms with Gasteiger partial charge < -0.3 is 10.2 Å². The van der Waals surface area contributed by atoms with E-state index in [2.05, 4.69) is 0 Å². The highest BCUT2D eigenvalue weighted by atomic mass is 32.2. The topological polar surface area (TPSA) is 77.8 Å². The van der Waals surface area contributed by atoms with E-state index in [1.807, 2.05) is 0 Å². The summed E-state index contributed by atoms with van der Waals surface area (Å²) in [4.78, 5) is 0. The lowest BCUT2D eigenvalue weighted by molar-refractivity contribution is -0.000739. The summed E-state index contributed by atoms with van der Waals surface area (Å²) in [6.45, 7) is 0.00190. The van der Waals surface area contributed by atoms with Crippen LogP contribution in [0.3, 0.4) is 0 Å². The van der Waals surface area contributed by atoms with Crippen LogP contribution in [-0.2, 0) is 10.0 Å². The second-order valence-corrected chi connectivity index (χ2v) is 6.42. The predicted molar refractivity (Wildman–Crippen MR) is 50.2 cm³/mol.